The number of benzene rings is 1. The number of hydrogen-bond acceptors (Lipinski definition) is 6. The molecule has 0 saturated carbocycles. The Morgan fingerprint density at radius 2 is 2.05 bits per heavy atom. The third kappa shape index (κ3) is 4.06. The number of phenolic OH excluding ortho intramolecular Hbond substituents is 1. The van der Waals surface area contributed by atoms with Gasteiger partial charge in [0.15, 0.2) is 23.4 Å². The summed E-state index contributed by atoms with van der Waals surface area (Å²) in [5.74, 6) is 0.137. The molecule has 0 saturated heterocycles. The molecule has 2 aromatic rings. The molecule has 1 atom stereocenters. The molecule has 2 rings (SSSR count). The lowest BCUT2D eigenvalue weighted by Crippen LogP contribution is -2.26. The third-order valence-corrected chi connectivity index (χ3v) is 3.32. The van der Waals surface area contributed by atoms with Crippen molar-refractivity contribution < 1.29 is 19.4 Å². The second kappa shape index (κ2) is 7.39. The molecule has 1 heterocycles. The molecule has 0 amide bonds. The lowest BCUT2D eigenvalue weighted by atomic mass is 10.2. The Hall–Kier alpha value is -1.90. The second-order valence-electron chi connectivity index (χ2n) is 4.42. The van der Waals surface area contributed by atoms with E-state index < -0.39 is 12.1 Å². The fourth-order valence-corrected chi connectivity index (χ4v) is 1.99. The fourth-order valence-electron chi connectivity index (χ4n) is 1.72. The molecule has 0 aliphatic rings. The molecular weight excluding hydrogens is 399 g/mol. The summed E-state index contributed by atoms with van der Waals surface area (Å²) in [7, 11) is 0. The highest BCUT2D eigenvalue weighted by atomic mass is 127. The van der Waals surface area contributed by atoms with Crippen molar-refractivity contribution in [2.45, 2.75) is 20.0 Å². The van der Waals surface area contributed by atoms with E-state index in [-0.39, 0.29) is 18.1 Å². The van der Waals surface area contributed by atoms with E-state index in [1.165, 1.54) is 6.07 Å². The molecule has 0 aliphatic carbocycles. The number of carbonyl (C=O) groups is 1. The van der Waals surface area contributed by atoms with E-state index >= 15 is 0 Å². The lowest BCUT2D eigenvalue weighted by Gasteiger charge is -2.14. The van der Waals surface area contributed by atoms with E-state index in [2.05, 4.69) is 32.6 Å². The van der Waals surface area contributed by atoms with Crippen molar-refractivity contribution in [1.29, 1.82) is 0 Å². The highest BCUT2D eigenvalue weighted by Gasteiger charge is 2.18. The molecule has 22 heavy (non-hydrogen) atoms. The number of rotatable bonds is 5. The molecule has 0 aliphatic heterocycles. The van der Waals surface area contributed by atoms with Crippen LogP contribution in [0.25, 0.3) is 11.4 Å². The summed E-state index contributed by atoms with van der Waals surface area (Å²) in [6.07, 6.45) is 2.58. The maximum absolute atomic E-state index is 11.5. The van der Waals surface area contributed by atoms with Gasteiger partial charge in [-0.1, -0.05) is 0 Å². The topological polar surface area (TPSA) is 81.5 Å². The summed E-state index contributed by atoms with van der Waals surface area (Å²) in [5, 5.41) is 10.0. The van der Waals surface area contributed by atoms with Gasteiger partial charge >= 0.3 is 5.97 Å². The van der Waals surface area contributed by atoms with Crippen LogP contribution in [0.4, 0.5) is 0 Å². The van der Waals surface area contributed by atoms with Crippen LogP contribution in [0, 0.1) is 3.57 Å². The molecule has 116 valence electrons. The maximum Gasteiger partial charge on any atom is 0.347 e. The predicted octanol–water partition coefficient (Wildman–Crippen LogP) is 2.78. The molecule has 0 fully saturated rings. The predicted molar refractivity (Wildman–Crippen MR) is 88.6 cm³/mol. The van der Waals surface area contributed by atoms with Gasteiger partial charge in [0.25, 0.3) is 0 Å². The Kier molecular flexibility index (Phi) is 5.53. The van der Waals surface area contributed by atoms with E-state index in [1.54, 1.807) is 38.4 Å². The Labute approximate surface area is 141 Å². The van der Waals surface area contributed by atoms with Crippen LogP contribution in [-0.4, -0.2) is 33.8 Å². The molecule has 0 bridgehead atoms. The van der Waals surface area contributed by atoms with Gasteiger partial charge in [-0.3, -0.25) is 0 Å². The van der Waals surface area contributed by atoms with Crippen LogP contribution >= 0.6 is 22.6 Å². The smallest absolute Gasteiger partial charge is 0.347 e. The van der Waals surface area contributed by atoms with Gasteiger partial charge in [0.05, 0.1) is 6.61 Å². The van der Waals surface area contributed by atoms with Crippen LogP contribution < -0.4 is 4.74 Å². The average Bonchev–Trinajstić information content (AvgIpc) is 2.50. The monoisotopic (exact) mass is 414 g/mol. The van der Waals surface area contributed by atoms with Gasteiger partial charge in [-0.15, -0.1) is 0 Å². The van der Waals surface area contributed by atoms with Crippen molar-refractivity contribution in [1.82, 2.24) is 9.97 Å². The summed E-state index contributed by atoms with van der Waals surface area (Å²) < 4.78 is 11.2. The van der Waals surface area contributed by atoms with Crippen LogP contribution in [0.1, 0.15) is 13.8 Å². The number of carbonyl (C=O) groups excluding carboxylic acids is 1. The summed E-state index contributed by atoms with van der Waals surface area (Å²) in [6, 6.07) is 4.78. The van der Waals surface area contributed by atoms with Crippen molar-refractivity contribution >= 4 is 28.6 Å². The quantitative estimate of drug-likeness (QED) is 0.599. The van der Waals surface area contributed by atoms with E-state index in [9.17, 15) is 9.90 Å². The standard InChI is InChI=1S/C15H15IN2O4/c1-3-21-15(20)9(2)22-13-5-4-10(6-12(13)19)14-17-7-11(16)8-18-14/h4-9,19H,3H2,1-2H3. The number of ether oxygens (including phenoxy) is 2. The Morgan fingerprint density at radius 3 is 2.64 bits per heavy atom. The summed E-state index contributed by atoms with van der Waals surface area (Å²) >= 11 is 2.12. The van der Waals surface area contributed by atoms with Crippen LogP contribution in [-0.2, 0) is 9.53 Å². The first-order chi connectivity index (χ1) is 10.5. The Balaban J connectivity index is 2.16. The molecule has 1 unspecified atom stereocenters. The minimum atomic E-state index is -0.800. The zero-order valence-electron chi connectivity index (χ0n) is 12.1. The van der Waals surface area contributed by atoms with Crippen molar-refractivity contribution in [2.24, 2.45) is 0 Å². The van der Waals surface area contributed by atoms with Crippen LogP contribution in [0.15, 0.2) is 30.6 Å². The average molecular weight is 414 g/mol. The molecule has 1 aromatic heterocycles. The normalized spacial score (nSPS) is 11.8. The van der Waals surface area contributed by atoms with Crippen molar-refractivity contribution in [2.75, 3.05) is 6.61 Å². The van der Waals surface area contributed by atoms with Gasteiger partial charge in [0.1, 0.15) is 0 Å². The van der Waals surface area contributed by atoms with Gasteiger partial charge in [0.2, 0.25) is 0 Å². The molecule has 1 N–H and O–H groups in total. The molecule has 1 aromatic carbocycles. The SMILES string of the molecule is CCOC(=O)C(C)Oc1ccc(-c2ncc(I)cn2)cc1O. The van der Waals surface area contributed by atoms with E-state index in [0.717, 1.165) is 3.57 Å². The van der Waals surface area contributed by atoms with Crippen molar-refractivity contribution in [3.63, 3.8) is 0 Å². The van der Waals surface area contributed by atoms with Crippen LogP contribution in [0.2, 0.25) is 0 Å². The summed E-state index contributed by atoms with van der Waals surface area (Å²) in [6.45, 7) is 3.56. The first-order valence-electron chi connectivity index (χ1n) is 6.65. The summed E-state index contributed by atoms with van der Waals surface area (Å²) in [4.78, 5) is 19.9. The number of phenols is 1. The number of nitrogens with zero attached hydrogens (tertiary/aromatic N) is 2. The minimum absolute atomic E-state index is 0.0872. The molecule has 0 radical (unpaired) electrons. The van der Waals surface area contributed by atoms with Crippen LogP contribution in [0.5, 0.6) is 11.5 Å². The zero-order valence-corrected chi connectivity index (χ0v) is 14.3. The van der Waals surface area contributed by atoms with Crippen LogP contribution in [0.3, 0.4) is 0 Å². The van der Waals surface area contributed by atoms with E-state index in [4.69, 9.17) is 9.47 Å². The van der Waals surface area contributed by atoms with Gasteiger partial charge < -0.3 is 14.6 Å². The van der Waals surface area contributed by atoms with Crippen molar-refractivity contribution in [3.8, 4) is 22.9 Å². The third-order valence-electron chi connectivity index (χ3n) is 2.76. The second-order valence-corrected chi connectivity index (χ2v) is 5.67. The molecule has 6 nitrogen and oxygen atoms in total. The number of aromatic hydroxyl groups is 1. The first-order valence-corrected chi connectivity index (χ1v) is 7.73. The maximum atomic E-state index is 11.5. The highest BCUT2D eigenvalue weighted by Crippen LogP contribution is 2.31. The summed E-state index contributed by atoms with van der Waals surface area (Å²) in [5.41, 5.74) is 0.657. The Morgan fingerprint density at radius 1 is 1.36 bits per heavy atom. The van der Waals surface area contributed by atoms with Gasteiger partial charge in [-0.2, -0.15) is 0 Å². The first kappa shape index (κ1) is 16.5. The minimum Gasteiger partial charge on any atom is -0.504 e. The van der Waals surface area contributed by atoms with Gasteiger partial charge in [0, 0.05) is 21.5 Å². The number of aromatic nitrogens is 2. The van der Waals surface area contributed by atoms with Gasteiger partial charge in [-0.05, 0) is 54.6 Å². The van der Waals surface area contributed by atoms with Crippen molar-refractivity contribution in [3.05, 3.63) is 34.2 Å². The number of esters is 1. The number of hydrogen-bond donors (Lipinski definition) is 1. The zero-order chi connectivity index (χ0) is 16.1. The largest absolute Gasteiger partial charge is 0.504 e. The van der Waals surface area contributed by atoms with E-state index in [0.29, 0.717) is 11.4 Å². The molecule has 0 spiro atoms. The number of halogens is 1. The fraction of sp³-hybridized carbons (Fsp3) is 0.267. The van der Waals surface area contributed by atoms with Gasteiger partial charge in [-0.25, -0.2) is 14.8 Å². The molecular formula is C15H15IN2O4. The van der Waals surface area contributed by atoms with E-state index in [1.807, 2.05) is 0 Å². The molecule has 7 heteroatoms. The Bertz CT molecular complexity index is 661. The lowest BCUT2D eigenvalue weighted by molar-refractivity contribution is -0.150. The highest BCUT2D eigenvalue weighted by molar-refractivity contribution is 14.1.